The molecule has 1 N–H and O–H groups in total. The van der Waals surface area contributed by atoms with Gasteiger partial charge in [-0.3, -0.25) is 9.36 Å². The normalized spacial score (nSPS) is 10.7. The molecule has 1 amide bonds. The molecule has 0 fully saturated rings. The molecule has 1 aromatic heterocycles. The predicted molar refractivity (Wildman–Crippen MR) is 116 cm³/mol. The van der Waals surface area contributed by atoms with Gasteiger partial charge in [-0.05, 0) is 37.6 Å². The zero-order valence-corrected chi connectivity index (χ0v) is 17.8. The molecule has 0 unspecified atom stereocenters. The number of aromatic nitrogens is 3. The van der Waals surface area contributed by atoms with Crippen LogP contribution in [0.2, 0.25) is 0 Å². The second kappa shape index (κ2) is 10.1. The number of hydrogen-bond donors (Lipinski definition) is 1. The molecule has 7 heteroatoms. The lowest BCUT2D eigenvalue weighted by molar-refractivity contribution is 0.0949. The van der Waals surface area contributed by atoms with E-state index < -0.39 is 0 Å². The summed E-state index contributed by atoms with van der Waals surface area (Å²) in [5.74, 6) is 2.22. The topological polar surface area (TPSA) is 69.0 Å². The Balaban J connectivity index is 1.87. The smallest absolute Gasteiger partial charge is 0.251 e. The van der Waals surface area contributed by atoms with Crippen LogP contribution in [0.1, 0.15) is 41.5 Å². The summed E-state index contributed by atoms with van der Waals surface area (Å²) in [5, 5.41) is 12.5. The summed E-state index contributed by atoms with van der Waals surface area (Å²) in [4.78, 5) is 12.6. The minimum atomic E-state index is -0.136. The largest absolute Gasteiger partial charge is 0.495 e. The molecule has 0 atom stereocenters. The summed E-state index contributed by atoms with van der Waals surface area (Å²) in [6, 6.07) is 15.3. The summed E-state index contributed by atoms with van der Waals surface area (Å²) in [5.41, 5.74) is 2.54. The highest BCUT2D eigenvalue weighted by atomic mass is 32.2. The van der Waals surface area contributed by atoms with Gasteiger partial charge < -0.3 is 10.1 Å². The first kappa shape index (κ1) is 20.9. The maximum absolute atomic E-state index is 12.6. The third-order valence-corrected chi connectivity index (χ3v) is 5.46. The van der Waals surface area contributed by atoms with Crippen LogP contribution in [0.15, 0.2) is 53.7 Å². The van der Waals surface area contributed by atoms with E-state index in [0.29, 0.717) is 11.4 Å². The number of carbonyl (C=O) groups is 1. The number of unbranched alkanes of at least 4 members (excludes halogenated alkanes) is 1. The Labute approximate surface area is 175 Å². The number of carbonyl (C=O) groups excluding carboxylic acids is 1. The lowest BCUT2D eigenvalue weighted by Crippen LogP contribution is -2.24. The van der Waals surface area contributed by atoms with E-state index in [2.05, 4.69) is 22.4 Å². The number of aryl methyl sites for hydroxylation is 1. The third kappa shape index (κ3) is 5.17. The first-order valence-corrected chi connectivity index (χ1v) is 10.7. The molecule has 0 aliphatic heterocycles. The van der Waals surface area contributed by atoms with Gasteiger partial charge in [0, 0.05) is 11.3 Å². The molecule has 0 spiro atoms. The van der Waals surface area contributed by atoms with E-state index in [0.717, 1.165) is 40.8 Å². The Morgan fingerprint density at radius 1 is 1.17 bits per heavy atom. The third-order valence-electron chi connectivity index (χ3n) is 4.44. The fourth-order valence-electron chi connectivity index (χ4n) is 2.92. The minimum Gasteiger partial charge on any atom is -0.495 e. The van der Waals surface area contributed by atoms with Gasteiger partial charge in [0.25, 0.3) is 5.91 Å². The number of ether oxygens (including phenoxy) is 1. The van der Waals surface area contributed by atoms with Crippen molar-refractivity contribution < 1.29 is 9.53 Å². The molecule has 29 heavy (non-hydrogen) atoms. The summed E-state index contributed by atoms with van der Waals surface area (Å²) < 4.78 is 7.51. The van der Waals surface area contributed by atoms with Crippen LogP contribution >= 0.6 is 11.8 Å². The zero-order chi connectivity index (χ0) is 20.6. The fourth-order valence-corrected chi connectivity index (χ4v) is 3.97. The molecule has 0 aliphatic rings. The number of nitrogens with one attached hydrogen (secondary N) is 1. The summed E-state index contributed by atoms with van der Waals surface area (Å²) in [6.07, 6.45) is 2.22. The molecule has 3 rings (SSSR count). The molecule has 6 nitrogen and oxygen atoms in total. The van der Waals surface area contributed by atoms with Crippen LogP contribution in [0.5, 0.6) is 5.75 Å². The van der Waals surface area contributed by atoms with Gasteiger partial charge in [-0.1, -0.05) is 54.9 Å². The highest BCUT2D eigenvalue weighted by molar-refractivity contribution is 7.99. The second-order valence-electron chi connectivity index (χ2n) is 6.66. The van der Waals surface area contributed by atoms with E-state index in [4.69, 9.17) is 4.74 Å². The van der Waals surface area contributed by atoms with Crippen molar-refractivity contribution in [2.45, 2.75) is 38.4 Å². The molecule has 0 saturated heterocycles. The number of thioether (sulfide) groups is 1. The van der Waals surface area contributed by atoms with E-state index in [9.17, 15) is 4.79 Å². The van der Waals surface area contributed by atoms with Crippen molar-refractivity contribution >= 4 is 17.7 Å². The molecule has 2 aromatic carbocycles. The Morgan fingerprint density at radius 3 is 2.76 bits per heavy atom. The van der Waals surface area contributed by atoms with Crippen molar-refractivity contribution in [1.82, 2.24) is 20.1 Å². The summed E-state index contributed by atoms with van der Waals surface area (Å²) >= 11 is 1.66. The van der Waals surface area contributed by atoms with Crippen molar-refractivity contribution in [2.75, 3.05) is 12.9 Å². The number of rotatable bonds is 9. The highest BCUT2D eigenvalue weighted by Gasteiger charge is 2.18. The van der Waals surface area contributed by atoms with Crippen molar-refractivity contribution in [2.24, 2.45) is 0 Å². The van der Waals surface area contributed by atoms with Crippen molar-refractivity contribution in [3.8, 4) is 11.4 Å². The SMILES string of the molecule is CCCCSc1nnc(CNC(=O)c2cccc(C)c2)n1-c1ccccc1OC. The molecule has 0 saturated carbocycles. The van der Waals surface area contributed by atoms with Crippen LogP contribution in [0.25, 0.3) is 5.69 Å². The lowest BCUT2D eigenvalue weighted by Gasteiger charge is -2.14. The lowest BCUT2D eigenvalue weighted by atomic mass is 10.1. The van der Waals surface area contributed by atoms with E-state index in [-0.39, 0.29) is 12.5 Å². The minimum absolute atomic E-state index is 0.136. The first-order chi connectivity index (χ1) is 14.1. The van der Waals surface area contributed by atoms with Gasteiger partial charge in [-0.15, -0.1) is 10.2 Å². The molecule has 0 radical (unpaired) electrons. The number of para-hydroxylation sites is 2. The molecular formula is C22H26N4O2S. The van der Waals surface area contributed by atoms with Gasteiger partial charge in [0.2, 0.25) is 0 Å². The van der Waals surface area contributed by atoms with Crippen LogP contribution < -0.4 is 10.1 Å². The standard InChI is InChI=1S/C22H26N4O2S/c1-4-5-13-29-22-25-24-20(26(22)18-11-6-7-12-19(18)28-3)15-23-21(27)17-10-8-9-16(2)14-17/h6-12,14H,4-5,13,15H2,1-3H3,(H,23,27). The fraction of sp³-hybridized carbons (Fsp3) is 0.318. The number of hydrogen-bond acceptors (Lipinski definition) is 5. The number of methoxy groups -OCH3 is 1. The Kier molecular flexibility index (Phi) is 7.30. The van der Waals surface area contributed by atoms with Gasteiger partial charge in [-0.25, -0.2) is 0 Å². The number of benzene rings is 2. The predicted octanol–water partition coefficient (Wildman–Crippen LogP) is 4.41. The van der Waals surface area contributed by atoms with Gasteiger partial charge >= 0.3 is 0 Å². The Hall–Kier alpha value is -2.80. The highest BCUT2D eigenvalue weighted by Crippen LogP contribution is 2.29. The number of nitrogens with zero attached hydrogens (tertiary/aromatic N) is 3. The van der Waals surface area contributed by atoms with E-state index in [1.165, 1.54) is 0 Å². The first-order valence-electron chi connectivity index (χ1n) is 9.69. The average molecular weight is 411 g/mol. The van der Waals surface area contributed by atoms with Gasteiger partial charge in [0.05, 0.1) is 19.3 Å². The monoisotopic (exact) mass is 410 g/mol. The summed E-state index contributed by atoms with van der Waals surface area (Å²) in [6.45, 7) is 4.40. The quantitative estimate of drug-likeness (QED) is 0.418. The molecule has 0 aliphatic carbocycles. The Bertz CT molecular complexity index is 971. The van der Waals surface area contributed by atoms with E-state index in [1.807, 2.05) is 54.0 Å². The maximum atomic E-state index is 12.6. The molecular weight excluding hydrogens is 384 g/mol. The molecule has 1 heterocycles. The van der Waals surface area contributed by atoms with Gasteiger partial charge in [0.1, 0.15) is 5.75 Å². The second-order valence-corrected chi connectivity index (χ2v) is 7.72. The van der Waals surface area contributed by atoms with E-state index >= 15 is 0 Å². The average Bonchev–Trinajstić information content (AvgIpc) is 3.14. The van der Waals surface area contributed by atoms with Crippen molar-refractivity contribution in [3.05, 3.63) is 65.5 Å². The molecule has 0 bridgehead atoms. The number of amides is 1. The van der Waals surface area contributed by atoms with Crippen LogP contribution in [-0.2, 0) is 6.54 Å². The van der Waals surface area contributed by atoms with Crippen LogP contribution in [0.4, 0.5) is 0 Å². The van der Waals surface area contributed by atoms with Crippen LogP contribution in [0, 0.1) is 6.92 Å². The van der Waals surface area contributed by atoms with Gasteiger partial charge in [0.15, 0.2) is 11.0 Å². The van der Waals surface area contributed by atoms with E-state index in [1.54, 1.807) is 24.9 Å². The van der Waals surface area contributed by atoms with Crippen LogP contribution in [0.3, 0.4) is 0 Å². The van der Waals surface area contributed by atoms with Crippen molar-refractivity contribution in [3.63, 3.8) is 0 Å². The Morgan fingerprint density at radius 2 is 2.00 bits per heavy atom. The van der Waals surface area contributed by atoms with Gasteiger partial charge in [-0.2, -0.15) is 0 Å². The zero-order valence-electron chi connectivity index (χ0n) is 17.0. The molecule has 3 aromatic rings. The molecule has 152 valence electrons. The van der Waals surface area contributed by atoms with Crippen molar-refractivity contribution in [1.29, 1.82) is 0 Å². The van der Waals surface area contributed by atoms with Crippen LogP contribution in [-0.4, -0.2) is 33.5 Å². The summed E-state index contributed by atoms with van der Waals surface area (Å²) in [7, 11) is 1.65. The maximum Gasteiger partial charge on any atom is 0.251 e.